The molecule has 1 N–H and O–H groups in total. The number of halogens is 1. The Morgan fingerprint density at radius 2 is 1.75 bits per heavy atom. The first-order valence-corrected chi connectivity index (χ1v) is 7.54. The summed E-state index contributed by atoms with van der Waals surface area (Å²) in [6.45, 7) is 4.42. The first kappa shape index (κ1) is 13.4. The molecule has 20 heavy (non-hydrogen) atoms. The van der Waals surface area contributed by atoms with E-state index in [0.29, 0.717) is 0 Å². The van der Waals surface area contributed by atoms with Gasteiger partial charge in [-0.1, -0.05) is 34.1 Å². The number of hydrogen-bond acceptors (Lipinski definition) is 2. The molecule has 0 saturated heterocycles. The third-order valence-electron chi connectivity index (χ3n) is 3.41. The second-order valence-corrected chi connectivity index (χ2v) is 6.68. The highest BCUT2D eigenvalue weighted by atomic mass is 79.9. The number of nitrogens with zero attached hydrogens (tertiary/aromatic N) is 1. The molecule has 0 unspecified atom stereocenters. The van der Waals surface area contributed by atoms with E-state index in [1.807, 2.05) is 24.3 Å². The molecule has 2 aromatic carbocycles. The number of anilines is 1. The number of nitrogens with one attached hydrogen (secondary N) is 1. The Kier molecular flexibility index (Phi) is 3.38. The highest BCUT2D eigenvalue weighted by Gasteiger charge is 2.28. The van der Waals surface area contributed by atoms with Crippen molar-refractivity contribution in [3.8, 4) is 0 Å². The fourth-order valence-corrected chi connectivity index (χ4v) is 2.80. The SMILES string of the molecule is CC1(C)CC(=Nc2ccc(Br)cc2)c2ccccc2N1. The van der Waals surface area contributed by atoms with Crippen LogP contribution in [-0.2, 0) is 0 Å². The van der Waals surface area contributed by atoms with E-state index in [2.05, 4.69) is 59.4 Å². The van der Waals surface area contributed by atoms with Crippen molar-refractivity contribution in [2.45, 2.75) is 25.8 Å². The summed E-state index contributed by atoms with van der Waals surface area (Å²) in [5.41, 5.74) is 4.54. The van der Waals surface area contributed by atoms with E-state index in [1.54, 1.807) is 0 Å². The normalized spacial score (nSPS) is 18.4. The van der Waals surface area contributed by atoms with E-state index < -0.39 is 0 Å². The zero-order chi connectivity index (χ0) is 14.2. The van der Waals surface area contributed by atoms with Crippen LogP contribution in [-0.4, -0.2) is 11.3 Å². The maximum absolute atomic E-state index is 4.85. The lowest BCUT2D eigenvalue weighted by Crippen LogP contribution is -2.38. The number of para-hydroxylation sites is 1. The predicted octanol–water partition coefficient (Wildman–Crippen LogP) is 5.16. The van der Waals surface area contributed by atoms with Crippen LogP contribution in [0.4, 0.5) is 11.4 Å². The third-order valence-corrected chi connectivity index (χ3v) is 3.94. The molecule has 0 amide bonds. The lowest BCUT2D eigenvalue weighted by molar-refractivity contribution is 0.585. The summed E-state index contributed by atoms with van der Waals surface area (Å²) in [5.74, 6) is 0. The van der Waals surface area contributed by atoms with Gasteiger partial charge >= 0.3 is 0 Å². The van der Waals surface area contributed by atoms with Crippen molar-refractivity contribution in [1.82, 2.24) is 0 Å². The van der Waals surface area contributed by atoms with Gasteiger partial charge in [-0.25, -0.2) is 0 Å². The lowest BCUT2D eigenvalue weighted by atomic mass is 9.87. The van der Waals surface area contributed by atoms with Crippen LogP contribution in [0.25, 0.3) is 0 Å². The van der Waals surface area contributed by atoms with Gasteiger partial charge in [-0.15, -0.1) is 0 Å². The zero-order valence-corrected chi connectivity index (χ0v) is 13.2. The molecule has 0 bridgehead atoms. The summed E-state index contributed by atoms with van der Waals surface area (Å²) < 4.78 is 1.08. The summed E-state index contributed by atoms with van der Waals surface area (Å²) in [4.78, 5) is 4.85. The monoisotopic (exact) mass is 328 g/mol. The van der Waals surface area contributed by atoms with Gasteiger partial charge in [-0.3, -0.25) is 4.99 Å². The smallest absolute Gasteiger partial charge is 0.0634 e. The Bertz CT molecular complexity index is 657. The molecule has 0 aliphatic carbocycles. The Labute approximate surface area is 128 Å². The highest BCUT2D eigenvalue weighted by Crippen LogP contribution is 2.32. The van der Waals surface area contributed by atoms with Crippen LogP contribution in [0, 0.1) is 0 Å². The summed E-state index contributed by atoms with van der Waals surface area (Å²) in [7, 11) is 0. The minimum atomic E-state index is 0.0303. The number of rotatable bonds is 1. The van der Waals surface area contributed by atoms with Crippen molar-refractivity contribution in [2.75, 3.05) is 5.32 Å². The molecule has 102 valence electrons. The van der Waals surface area contributed by atoms with Gasteiger partial charge in [0.05, 0.1) is 11.4 Å². The van der Waals surface area contributed by atoms with Gasteiger partial charge < -0.3 is 5.32 Å². The minimum absolute atomic E-state index is 0.0303. The molecule has 0 atom stereocenters. The van der Waals surface area contributed by atoms with E-state index in [4.69, 9.17) is 4.99 Å². The van der Waals surface area contributed by atoms with Gasteiger partial charge in [-0.05, 0) is 44.2 Å². The maximum atomic E-state index is 4.85. The summed E-state index contributed by atoms with van der Waals surface area (Å²) in [6, 6.07) is 16.5. The molecular weight excluding hydrogens is 312 g/mol. The van der Waals surface area contributed by atoms with Crippen molar-refractivity contribution in [2.24, 2.45) is 4.99 Å². The van der Waals surface area contributed by atoms with Crippen LogP contribution >= 0.6 is 15.9 Å². The quantitative estimate of drug-likeness (QED) is 0.767. The number of aliphatic imine (C=N–C) groups is 1. The van der Waals surface area contributed by atoms with E-state index in [-0.39, 0.29) is 5.54 Å². The third kappa shape index (κ3) is 2.78. The van der Waals surface area contributed by atoms with Gasteiger partial charge in [0.1, 0.15) is 0 Å². The number of hydrogen-bond donors (Lipinski definition) is 1. The Morgan fingerprint density at radius 1 is 1.05 bits per heavy atom. The molecule has 0 spiro atoms. The zero-order valence-electron chi connectivity index (χ0n) is 11.7. The van der Waals surface area contributed by atoms with E-state index in [1.165, 1.54) is 11.3 Å². The molecular formula is C17H17BrN2. The van der Waals surface area contributed by atoms with Crippen molar-refractivity contribution in [3.05, 3.63) is 58.6 Å². The number of fused-ring (bicyclic) bond motifs is 1. The van der Waals surface area contributed by atoms with E-state index in [0.717, 1.165) is 22.3 Å². The molecule has 0 saturated carbocycles. The molecule has 1 aliphatic rings. The van der Waals surface area contributed by atoms with E-state index >= 15 is 0 Å². The van der Waals surface area contributed by atoms with Gasteiger partial charge in [0, 0.05) is 27.7 Å². The summed E-state index contributed by atoms with van der Waals surface area (Å²) in [6.07, 6.45) is 0.917. The van der Waals surface area contributed by atoms with Gasteiger partial charge in [0.15, 0.2) is 0 Å². The molecule has 1 aliphatic heterocycles. The van der Waals surface area contributed by atoms with Crippen molar-refractivity contribution in [1.29, 1.82) is 0 Å². The molecule has 0 aromatic heterocycles. The standard InChI is InChI=1S/C17H17BrN2/c1-17(2)11-16(14-5-3-4-6-15(14)20-17)19-13-9-7-12(18)8-10-13/h3-10,20H,11H2,1-2H3. The van der Waals surface area contributed by atoms with Crippen LogP contribution < -0.4 is 5.32 Å². The minimum Gasteiger partial charge on any atom is -0.379 e. The molecule has 1 heterocycles. The predicted molar refractivity (Wildman–Crippen MR) is 89.1 cm³/mol. The highest BCUT2D eigenvalue weighted by molar-refractivity contribution is 9.10. The molecule has 0 radical (unpaired) electrons. The Hall–Kier alpha value is -1.61. The first-order chi connectivity index (χ1) is 9.53. The first-order valence-electron chi connectivity index (χ1n) is 6.74. The van der Waals surface area contributed by atoms with Crippen LogP contribution in [0.5, 0.6) is 0 Å². The Morgan fingerprint density at radius 3 is 2.50 bits per heavy atom. The second kappa shape index (κ2) is 5.06. The molecule has 2 aromatic rings. The van der Waals surface area contributed by atoms with Gasteiger partial charge in [-0.2, -0.15) is 0 Å². The topological polar surface area (TPSA) is 24.4 Å². The summed E-state index contributed by atoms with van der Waals surface area (Å²) >= 11 is 3.46. The molecule has 2 nitrogen and oxygen atoms in total. The lowest BCUT2D eigenvalue weighted by Gasteiger charge is -2.34. The van der Waals surface area contributed by atoms with E-state index in [9.17, 15) is 0 Å². The number of benzene rings is 2. The average Bonchev–Trinajstić information content (AvgIpc) is 2.40. The van der Waals surface area contributed by atoms with Crippen LogP contribution in [0.15, 0.2) is 58.0 Å². The summed E-state index contributed by atoms with van der Waals surface area (Å²) in [5, 5.41) is 3.57. The van der Waals surface area contributed by atoms with Crippen molar-refractivity contribution >= 4 is 33.0 Å². The molecule has 3 rings (SSSR count). The fraction of sp³-hybridized carbons (Fsp3) is 0.235. The average molecular weight is 329 g/mol. The van der Waals surface area contributed by atoms with Crippen LogP contribution in [0.1, 0.15) is 25.8 Å². The molecule has 0 fully saturated rings. The largest absolute Gasteiger partial charge is 0.379 e. The van der Waals surface area contributed by atoms with Crippen molar-refractivity contribution < 1.29 is 0 Å². The van der Waals surface area contributed by atoms with Crippen LogP contribution in [0.2, 0.25) is 0 Å². The Balaban J connectivity index is 2.06. The fourth-order valence-electron chi connectivity index (χ4n) is 2.54. The second-order valence-electron chi connectivity index (χ2n) is 5.77. The molecule has 3 heteroatoms. The van der Waals surface area contributed by atoms with Crippen molar-refractivity contribution in [3.63, 3.8) is 0 Å². The maximum Gasteiger partial charge on any atom is 0.0634 e. The van der Waals surface area contributed by atoms with Gasteiger partial charge in [0.25, 0.3) is 0 Å². The van der Waals surface area contributed by atoms with Gasteiger partial charge in [0.2, 0.25) is 0 Å². The van der Waals surface area contributed by atoms with Crippen LogP contribution in [0.3, 0.4) is 0 Å².